The summed E-state index contributed by atoms with van der Waals surface area (Å²) in [4.78, 5) is 3.98. The molecule has 1 heterocycles. The van der Waals surface area contributed by atoms with Crippen LogP contribution in [0.25, 0.3) is 0 Å². The normalized spacial score (nSPS) is 7.10. The fraction of sp³-hybridized carbons (Fsp3) is 0.167. The van der Waals surface area contributed by atoms with Gasteiger partial charge in [0.05, 0.1) is 0 Å². The van der Waals surface area contributed by atoms with Gasteiger partial charge in [-0.3, -0.25) is 4.98 Å². The van der Waals surface area contributed by atoms with Crippen molar-refractivity contribution >= 4 is 19.4 Å². The van der Waals surface area contributed by atoms with Gasteiger partial charge < -0.3 is 0 Å². The van der Waals surface area contributed by atoms with Crippen LogP contribution in [0, 0.1) is 6.92 Å². The Hall–Kier alpha value is 0.353. The van der Waals surface area contributed by atoms with Crippen LogP contribution < -0.4 is 0 Å². The van der Waals surface area contributed by atoms with Crippen molar-refractivity contribution in [3.05, 3.63) is 30.1 Å². The second-order valence-corrected chi connectivity index (χ2v) is 6.20. The summed E-state index contributed by atoms with van der Waals surface area (Å²) in [6, 6.07) is 5.86. The zero-order valence-corrected chi connectivity index (χ0v) is 10.2. The third-order valence-corrected chi connectivity index (χ3v) is 0.813. The van der Waals surface area contributed by atoms with E-state index in [1.165, 1.54) is 0 Å². The molecule has 52 valence electrons. The standard InChI is InChI=1S/C6H7N.2ClH.Zn/c1-6-4-2-3-5-7-6;;;/h2-5H,1H3;2*1H;/q;;;+2/p-2. The maximum absolute atomic E-state index is 4.95. The van der Waals surface area contributed by atoms with E-state index >= 15 is 0 Å². The second kappa shape index (κ2) is 7.46. The Kier molecular flexibility index (Phi) is 7.72. The molecule has 0 radical (unpaired) electrons. The van der Waals surface area contributed by atoms with Gasteiger partial charge in [-0.25, -0.2) is 0 Å². The Balaban J connectivity index is 0.000000236. The van der Waals surface area contributed by atoms with Gasteiger partial charge in [0.15, 0.2) is 0 Å². The molecule has 0 bridgehead atoms. The molecule has 0 atom stereocenters. The molecule has 0 saturated heterocycles. The molecule has 0 amide bonds. The monoisotopic (exact) mass is 227 g/mol. The average Bonchev–Trinajstić information content (AvgIpc) is 1.91. The Morgan fingerprint density at radius 3 is 2.20 bits per heavy atom. The number of hydrogen-bond acceptors (Lipinski definition) is 1. The molecule has 4 heteroatoms. The number of halogens is 2. The van der Waals surface area contributed by atoms with Crippen molar-refractivity contribution in [1.29, 1.82) is 0 Å². The van der Waals surface area contributed by atoms with Gasteiger partial charge in [-0.15, -0.1) is 0 Å². The van der Waals surface area contributed by atoms with Crippen molar-refractivity contribution in [3.63, 3.8) is 0 Å². The van der Waals surface area contributed by atoms with E-state index in [9.17, 15) is 0 Å². The van der Waals surface area contributed by atoms with E-state index in [0.29, 0.717) is 0 Å². The van der Waals surface area contributed by atoms with E-state index in [0.717, 1.165) is 5.69 Å². The van der Waals surface area contributed by atoms with E-state index in [2.05, 4.69) is 4.98 Å². The van der Waals surface area contributed by atoms with Crippen LogP contribution in [0.15, 0.2) is 24.4 Å². The minimum atomic E-state index is -0.931. The molecular weight excluding hydrogens is 222 g/mol. The molecule has 0 unspecified atom stereocenters. The molecule has 0 fully saturated rings. The molecule has 0 aliphatic heterocycles. The molecule has 0 aromatic carbocycles. The fourth-order valence-corrected chi connectivity index (χ4v) is 0.448. The Morgan fingerprint density at radius 2 is 2.00 bits per heavy atom. The number of hydrogen-bond donors (Lipinski definition) is 0. The molecule has 1 aromatic heterocycles. The average molecular weight is 229 g/mol. The molecule has 0 N–H and O–H groups in total. The van der Waals surface area contributed by atoms with Crippen LogP contribution in [0.3, 0.4) is 0 Å². The predicted molar refractivity (Wildman–Crippen MR) is 40.7 cm³/mol. The van der Waals surface area contributed by atoms with E-state index < -0.39 is 15.1 Å². The summed E-state index contributed by atoms with van der Waals surface area (Å²) in [6.07, 6.45) is 1.79. The van der Waals surface area contributed by atoms with Gasteiger partial charge in [-0.1, -0.05) is 6.07 Å². The van der Waals surface area contributed by atoms with Crippen LogP contribution >= 0.6 is 19.4 Å². The molecule has 1 nitrogen and oxygen atoms in total. The zero-order chi connectivity index (χ0) is 7.82. The Bertz CT molecular complexity index is 157. The van der Waals surface area contributed by atoms with Crippen molar-refractivity contribution in [3.8, 4) is 0 Å². The van der Waals surface area contributed by atoms with E-state index in [1.54, 1.807) is 6.20 Å². The van der Waals surface area contributed by atoms with Crippen molar-refractivity contribution < 1.29 is 15.1 Å². The van der Waals surface area contributed by atoms with E-state index in [1.807, 2.05) is 25.1 Å². The first-order valence-corrected chi connectivity index (χ1v) is 10.6. The summed E-state index contributed by atoms with van der Waals surface area (Å²) in [5, 5.41) is 0. The quantitative estimate of drug-likeness (QED) is 0.623. The molecule has 10 heavy (non-hydrogen) atoms. The fourth-order valence-electron chi connectivity index (χ4n) is 0.448. The molecule has 0 aliphatic rings. The number of pyridine rings is 1. The van der Waals surface area contributed by atoms with Crippen LogP contribution in [0.2, 0.25) is 0 Å². The molecule has 0 saturated carbocycles. The SMILES string of the molecule is Cc1ccccn1.[Cl][Zn][Cl]. The first kappa shape index (κ1) is 10.4. The van der Waals surface area contributed by atoms with Crippen molar-refractivity contribution in [1.82, 2.24) is 4.98 Å². The van der Waals surface area contributed by atoms with E-state index in [4.69, 9.17) is 19.4 Å². The van der Waals surface area contributed by atoms with Crippen molar-refractivity contribution in [2.75, 3.05) is 0 Å². The molecule has 0 spiro atoms. The van der Waals surface area contributed by atoms with Crippen LogP contribution in [0.1, 0.15) is 5.69 Å². The molecular formula is C6H7Cl2NZn. The second-order valence-electron chi connectivity index (χ2n) is 1.57. The summed E-state index contributed by atoms with van der Waals surface area (Å²) in [5.74, 6) is 0. The van der Waals surface area contributed by atoms with E-state index in [-0.39, 0.29) is 0 Å². The summed E-state index contributed by atoms with van der Waals surface area (Å²) in [5.41, 5.74) is 1.07. The van der Waals surface area contributed by atoms with Gasteiger partial charge in [0.1, 0.15) is 0 Å². The third-order valence-electron chi connectivity index (χ3n) is 0.813. The maximum atomic E-state index is 4.95. The van der Waals surface area contributed by atoms with Crippen LogP contribution in [-0.2, 0) is 15.1 Å². The van der Waals surface area contributed by atoms with Gasteiger partial charge in [0.2, 0.25) is 0 Å². The third kappa shape index (κ3) is 6.47. The molecule has 1 aromatic rings. The van der Waals surface area contributed by atoms with Crippen molar-refractivity contribution in [2.45, 2.75) is 6.92 Å². The Morgan fingerprint density at radius 1 is 1.40 bits per heavy atom. The zero-order valence-electron chi connectivity index (χ0n) is 5.72. The topological polar surface area (TPSA) is 12.9 Å². The number of aromatic nitrogens is 1. The predicted octanol–water partition coefficient (Wildman–Crippen LogP) is 2.77. The number of rotatable bonds is 0. The Labute approximate surface area is 76.4 Å². The molecule has 0 aliphatic carbocycles. The van der Waals surface area contributed by atoms with Crippen molar-refractivity contribution in [2.24, 2.45) is 0 Å². The summed E-state index contributed by atoms with van der Waals surface area (Å²) >= 11 is -0.931. The van der Waals surface area contributed by atoms with Crippen LogP contribution in [-0.4, -0.2) is 4.98 Å². The molecule has 1 rings (SSSR count). The van der Waals surface area contributed by atoms with Gasteiger partial charge in [-0.2, -0.15) is 0 Å². The first-order valence-electron chi connectivity index (χ1n) is 2.81. The number of nitrogens with zero attached hydrogens (tertiary/aromatic N) is 1. The van der Waals surface area contributed by atoms with Gasteiger partial charge in [0.25, 0.3) is 0 Å². The van der Waals surface area contributed by atoms with Gasteiger partial charge in [0, 0.05) is 11.9 Å². The summed E-state index contributed by atoms with van der Waals surface area (Å²) in [7, 11) is 9.90. The van der Waals surface area contributed by atoms with Crippen LogP contribution in [0.4, 0.5) is 0 Å². The van der Waals surface area contributed by atoms with Gasteiger partial charge >= 0.3 is 34.5 Å². The van der Waals surface area contributed by atoms with Gasteiger partial charge in [-0.05, 0) is 19.1 Å². The summed E-state index contributed by atoms with van der Waals surface area (Å²) < 4.78 is 0. The first-order chi connectivity index (χ1) is 4.81. The minimum absolute atomic E-state index is 0.931. The summed E-state index contributed by atoms with van der Waals surface area (Å²) in [6.45, 7) is 1.97. The van der Waals surface area contributed by atoms with Crippen LogP contribution in [0.5, 0.6) is 0 Å². The number of aryl methyl sites for hydroxylation is 1.